The number of nitrogens with one attached hydrogen (secondary N) is 2. The molecule has 0 aliphatic carbocycles. The first-order valence-electron chi connectivity index (χ1n) is 6.83. The third kappa shape index (κ3) is 3.17. The van der Waals surface area contributed by atoms with Gasteiger partial charge in [-0.2, -0.15) is 0 Å². The van der Waals surface area contributed by atoms with Crippen molar-refractivity contribution >= 4 is 17.5 Å². The predicted molar refractivity (Wildman–Crippen MR) is 76.3 cm³/mol. The Bertz CT molecular complexity index is 514. The molecule has 2 amide bonds. The van der Waals surface area contributed by atoms with E-state index in [-0.39, 0.29) is 30.7 Å². The summed E-state index contributed by atoms with van der Waals surface area (Å²) in [6.45, 7) is 3.98. The summed E-state index contributed by atoms with van der Waals surface area (Å²) >= 11 is 0. The first kappa shape index (κ1) is 14.5. The summed E-state index contributed by atoms with van der Waals surface area (Å²) in [6.07, 6.45) is -0.438. The van der Waals surface area contributed by atoms with Crippen molar-refractivity contribution in [3.05, 3.63) is 29.8 Å². The standard InChI is InChI=1S/C15H20N2O3/c1-9(2)13(18)8-16-15(20)11-7-14(19)17-12-6-4-3-5-10(11)12/h3-6,9,11,13,18H,7-8H2,1-2H3,(H,16,20)(H,17,19). The number of rotatable bonds is 4. The third-order valence-corrected chi connectivity index (χ3v) is 3.57. The van der Waals surface area contributed by atoms with Crippen molar-refractivity contribution in [1.29, 1.82) is 0 Å². The highest BCUT2D eigenvalue weighted by Crippen LogP contribution is 2.31. The molecule has 108 valence electrons. The summed E-state index contributed by atoms with van der Waals surface area (Å²) in [4.78, 5) is 23.9. The van der Waals surface area contributed by atoms with E-state index in [4.69, 9.17) is 0 Å². The number of aliphatic hydroxyl groups is 1. The van der Waals surface area contributed by atoms with Gasteiger partial charge in [0, 0.05) is 18.7 Å². The Labute approximate surface area is 118 Å². The molecule has 1 aliphatic rings. The molecule has 0 fully saturated rings. The zero-order valence-electron chi connectivity index (χ0n) is 11.7. The van der Waals surface area contributed by atoms with E-state index in [2.05, 4.69) is 10.6 Å². The lowest BCUT2D eigenvalue weighted by Gasteiger charge is -2.25. The van der Waals surface area contributed by atoms with Gasteiger partial charge in [0.2, 0.25) is 11.8 Å². The molecule has 3 N–H and O–H groups in total. The van der Waals surface area contributed by atoms with Crippen LogP contribution >= 0.6 is 0 Å². The molecule has 5 nitrogen and oxygen atoms in total. The van der Waals surface area contributed by atoms with E-state index in [1.165, 1.54) is 0 Å². The first-order chi connectivity index (χ1) is 9.49. The van der Waals surface area contributed by atoms with Gasteiger partial charge in [0.15, 0.2) is 0 Å². The van der Waals surface area contributed by atoms with E-state index < -0.39 is 12.0 Å². The molecule has 0 radical (unpaired) electrons. The van der Waals surface area contributed by atoms with Crippen molar-refractivity contribution < 1.29 is 14.7 Å². The molecule has 0 spiro atoms. The van der Waals surface area contributed by atoms with Crippen molar-refractivity contribution in [2.45, 2.75) is 32.3 Å². The van der Waals surface area contributed by atoms with Crippen molar-refractivity contribution in [1.82, 2.24) is 5.32 Å². The lowest BCUT2D eigenvalue weighted by atomic mass is 9.89. The monoisotopic (exact) mass is 276 g/mol. The van der Waals surface area contributed by atoms with Crippen LogP contribution in [0.25, 0.3) is 0 Å². The van der Waals surface area contributed by atoms with Gasteiger partial charge in [-0.05, 0) is 17.5 Å². The molecule has 5 heteroatoms. The van der Waals surface area contributed by atoms with Gasteiger partial charge in [0.05, 0.1) is 12.0 Å². The average Bonchev–Trinajstić information content (AvgIpc) is 2.43. The van der Waals surface area contributed by atoms with Crippen LogP contribution in [0.2, 0.25) is 0 Å². The van der Waals surface area contributed by atoms with Crippen molar-refractivity contribution in [3.8, 4) is 0 Å². The molecule has 2 atom stereocenters. The zero-order chi connectivity index (χ0) is 14.7. The molecule has 2 rings (SSSR count). The van der Waals surface area contributed by atoms with Crippen LogP contribution in [0.4, 0.5) is 5.69 Å². The minimum absolute atomic E-state index is 0.0808. The van der Waals surface area contributed by atoms with Crippen LogP contribution in [-0.4, -0.2) is 29.6 Å². The molecule has 0 bridgehead atoms. The minimum Gasteiger partial charge on any atom is -0.391 e. The van der Waals surface area contributed by atoms with Gasteiger partial charge in [-0.15, -0.1) is 0 Å². The maximum atomic E-state index is 12.2. The molecule has 0 aromatic heterocycles. The van der Waals surface area contributed by atoms with E-state index in [9.17, 15) is 14.7 Å². The maximum Gasteiger partial charge on any atom is 0.228 e. The largest absolute Gasteiger partial charge is 0.391 e. The molecule has 2 unspecified atom stereocenters. The highest BCUT2D eigenvalue weighted by molar-refractivity contribution is 6.01. The zero-order valence-corrected chi connectivity index (χ0v) is 11.7. The fourth-order valence-electron chi connectivity index (χ4n) is 2.21. The third-order valence-electron chi connectivity index (χ3n) is 3.57. The smallest absolute Gasteiger partial charge is 0.228 e. The van der Waals surface area contributed by atoms with Gasteiger partial charge < -0.3 is 15.7 Å². The van der Waals surface area contributed by atoms with Crippen molar-refractivity contribution in [3.63, 3.8) is 0 Å². The quantitative estimate of drug-likeness (QED) is 0.774. The number of carbonyl (C=O) groups is 2. The number of aliphatic hydroxyl groups excluding tert-OH is 1. The minimum atomic E-state index is -0.577. The van der Waals surface area contributed by atoms with Crippen LogP contribution in [-0.2, 0) is 9.59 Å². The van der Waals surface area contributed by atoms with E-state index in [1.807, 2.05) is 32.0 Å². The van der Waals surface area contributed by atoms with Gasteiger partial charge in [0.1, 0.15) is 0 Å². The Kier molecular flexibility index (Phi) is 4.39. The molecule has 0 saturated heterocycles. The molecular formula is C15H20N2O3. The van der Waals surface area contributed by atoms with Crippen LogP contribution in [0.3, 0.4) is 0 Å². The summed E-state index contributed by atoms with van der Waals surface area (Å²) in [5.41, 5.74) is 1.51. The molecule has 1 aliphatic heterocycles. The second-order valence-electron chi connectivity index (χ2n) is 5.45. The summed E-state index contributed by atoms with van der Waals surface area (Å²) in [5.74, 6) is -0.781. The SMILES string of the molecule is CC(C)C(O)CNC(=O)C1CC(=O)Nc2ccccc21. The Morgan fingerprint density at radius 1 is 1.45 bits per heavy atom. The first-order valence-corrected chi connectivity index (χ1v) is 6.83. The topological polar surface area (TPSA) is 78.4 Å². The number of anilines is 1. The van der Waals surface area contributed by atoms with Gasteiger partial charge >= 0.3 is 0 Å². The van der Waals surface area contributed by atoms with E-state index in [0.29, 0.717) is 5.69 Å². The lowest BCUT2D eigenvalue weighted by Crippen LogP contribution is -2.39. The maximum absolute atomic E-state index is 12.2. The fraction of sp³-hybridized carbons (Fsp3) is 0.467. The van der Waals surface area contributed by atoms with Crippen molar-refractivity contribution in [2.24, 2.45) is 5.92 Å². The molecule has 1 aromatic carbocycles. The van der Waals surface area contributed by atoms with Gasteiger partial charge in [-0.3, -0.25) is 9.59 Å². The second kappa shape index (κ2) is 6.05. The Balaban J connectivity index is 2.08. The Morgan fingerprint density at radius 2 is 2.15 bits per heavy atom. The number of hydrogen-bond acceptors (Lipinski definition) is 3. The average molecular weight is 276 g/mol. The Hall–Kier alpha value is -1.88. The number of hydrogen-bond donors (Lipinski definition) is 3. The highest BCUT2D eigenvalue weighted by Gasteiger charge is 2.30. The number of benzene rings is 1. The van der Waals surface area contributed by atoms with Crippen LogP contribution < -0.4 is 10.6 Å². The van der Waals surface area contributed by atoms with Gasteiger partial charge in [-0.1, -0.05) is 32.0 Å². The molecule has 1 heterocycles. The number of para-hydroxylation sites is 1. The van der Waals surface area contributed by atoms with Crippen molar-refractivity contribution in [2.75, 3.05) is 11.9 Å². The molecule has 1 aromatic rings. The van der Waals surface area contributed by atoms with Gasteiger partial charge in [0.25, 0.3) is 0 Å². The fourth-order valence-corrected chi connectivity index (χ4v) is 2.21. The number of carbonyl (C=O) groups excluding carboxylic acids is 2. The molecule has 0 saturated carbocycles. The van der Waals surface area contributed by atoms with E-state index in [0.717, 1.165) is 5.56 Å². The molecular weight excluding hydrogens is 256 g/mol. The van der Waals surface area contributed by atoms with Crippen LogP contribution in [0.15, 0.2) is 24.3 Å². The van der Waals surface area contributed by atoms with Crippen LogP contribution in [0.5, 0.6) is 0 Å². The lowest BCUT2D eigenvalue weighted by molar-refractivity contribution is -0.126. The number of amides is 2. The summed E-state index contributed by atoms with van der Waals surface area (Å²) in [6, 6.07) is 7.30. The molecule has 20 heavy (non-hydrogen) atoms. The predicted octanol–water partition coefficient (Wildman–Crippen LogP) is 1.25. The van der Waals surface area contributed by atoms with Crippen LogP contribution in [0, 0.1) is 5.92 Å². The summed E-state index contributed by atoms with van der Waals surface area (Å²) in [5, 5.41) is 15.2. The summed E-state index contributed by atoms with van der Waals surface area (Å²) < 4.78 is 0. The van der Waals surface area contributed by atoms with E-state index in [1.54, 1.807) is 6.07 Å². The normalized spacial score (nSPS) is 19.2. The summed E-state index contributed by atoms with van der Waals surface area (Å²) in [7, 11) is 0. The highest BCUT2D eigenvalue weighted by atomic mass is 16.3. The van der Waals surface area contributed by atoms with E-state index >= 15 is 0 Å². The Morgan fingerprint density at radius 3 is 2.85 bits per heavy atom. The van der Waals surface area contributed by atoms with Gasteiger partial charge in [-0.25, -0.2) is 0 Å². The van der Waals surface area contributed by atoms with Crippen LogP contribution in [0.1, 0.15) is 31.7 Å². The second-order valence-corrected chi connectivity index (χ2v) is 5.45. The number of fused-ring (bicyclic) bond motifs is 1.